The van der Waals surface area contributed by atoms with E-state index in [1.165, 1.54) is 11.1 Å². The quantitative estimate of drug-likeness (QED) is 0.817. The maximum atomic E-state index is 9.81. The molecule has 0 aliphatic rings. The van der Waals surface area contributed by atoms with Gasteiger partial charge in [-0.2, -0.15) is 11.3 Å². The molecular formula is C15H19NO2S. The standard InChI is InChI=1S/C15H19NO2S/c1-12-2-4-15(5-3-12)18-10-14(17)9-16-8-13-6-7-19-11-13/h2-7,11,14,16-17H,8-10H2,1H3. The number of benzene rings is 1. The highest BCUT2D eigenvalue weighted by Crippen LogP contribution is 2.11. The number of thiophene rings is 1. The highest BCUT2D eigenvalue weighted by molar-refractivity contribution is 7.07. The lowest BCUT2D eigenvalue weighted by Crippen LogP contribution is -2.31. The first-order valence-corrected chi connectivity index (χ1v) is 7.27. The van der Waals surface area contributed by atoms with Crippen molar-refractivity contribution in [2.24, 2.45) is 0 Å². The summed E-state index contributed by atoms with van der Waals surface area (Å²) in [5.41, 5.74) is 2.45. The molecule has 3 nitrogen and oxygen atoms in total. The summed E-state index contributed by atoms with van der Waals surface area (Å²) in [6.45, 7) is 3.65. The first kappa shape index (κ1) is 14.1. The molecule has 1 heterocycles. The van der Waals surface area contributed by atoms with Crippen molar-refractivity contribution in [3.05, 3.63) is 52.2 Å². The number of nitrogens with one attached hydrogen (secondary N) is 1. The SMILES string of the molecule is Cc1ccc(OCC(O)CNCc2ccsc2)cc1. The molecule has 1 aromatic carbocycles. The molecule has 0 fully saturated rings. The van der Waals surface area contributed by atoms with E-state index >= 15 is 0 Å². The van der Waals surface area contributed by atoms with Crippen LogP contribution in [0.2, 0.25) is 0 Å². The van der Waals surface area contributed by atoms with Gasteiger partial charge in [0, 0.05) is 13.1 Å². The minimum absolute atomic E-state index is 0.305. The lowest BCUT2D eigenvalue weighted by atomic mass is 10.2. The zero-order valence-corrected chi connectivity index (χ0v) is 11.8. The summed E-state index contributed by atoms with van der Waals surface area (Å²) in [4.78, 5) is 0. The van der Waals surface area contributed by atoms with Gasteiger partial charge in [0.2, 0.25) is 0 Å². The molecule has 2 rings (SSSR count). The molecule has 19 heavy (non-hydrogen) atoms. The number of ether oxygens (including phenoxy) is 1. The molecule has 0 aliphatic heterocycles. The maximum Gasteiger partial charge on any atom is 0.119 e. The second-order valence-corrected chi connectivity index (χ2v) is 5.32. The molecule has 2 aromatic rings. The predicted octanol–water partition coefficient (Wildman–Crippen LogP) is 2.59. The number of aryl methyl sites for hydroxylation is 1. The van der Waals surface area contributed by atoms with Gasteiger partial charge >= 0.3 is 0 Å². The molecule has 0 bridgehead atoms. The van der Waals surface area contributed by atoms with Crippen LogP contribution < -0.4 is 10.1 Å². The van der Waals surface area contributed by atoms with E-state index in [0.29, 0.717) is 13.2 Å². The lowest BCUT2D eigenvalue weighted by Gasteiger charge is -2.13. The Morgan fingerprint density at radius 2 is 2.05 bits per heavy atom. The topological polar surface area (TPSA) is 41.5 Å². The minimum atomic E-state index is -0.500. The molecule has 1 aromatic heterocycles. The molecule has 0 saturated heterocycles. The van der Waals surface area contributed by atoms with E-state index in [9.17, 15) is 5.11 Å². The van der Waals surface area contributed by atoms with Gasteiger partial charge in [-0.25, -0.2) is 0 Å². The van der Waals surface area contributed by atoms with Crippen molar-refractivity contribution in [2.75, 3.05) is 13.2 Å². The van der Waals surface area contributed by atoms with Gasteiger partial charge in [0.1, 0.15) is 18.5 Å². The van der Waals surface area contributed by atoms with Gasteiger partial charge in [0.05, 0.1) is 0 Å². The van der Waals surface area contributed by atoms with Crippen molar-refractivity contribution in [1.29, 1.82) is 0 Å². The van der Waals surface area contributed by atoms with Crippen molar-refractivity contribution in [3.63, 3.8) is 0 Å². The molecule has 0 spiro atoms. The second kappa shape index (κ2) is 7.28. The van der Waals surface area contributed by atoms with E-state index in [1.54, 1.807) is 11.3 Å². The Kier molecular flexibility index (Phi) is 5.39. The van der Waals surface area contributed by atoms with Crippen molar-refractivity contribution in [2.45, 2.75) is 19.6 Å². The van der Waals surface area contributed by atoms with Gasteiger partial charge in [-0.05, 0) is 41.4 Å². The van der Waals surface area contributed by atoms with E-state index in [0.717, 1.165) is 12.3 Å². The highest BCUT2D eigenvalue weighted by atomic mass is 32.1. The summed E-state index contributed by atoms with van der Waals surface area (Å²) in [5.74, 6) is 0.794. The van der Waals surface area contributed by atoms with E-state index in [1.807, 2.05) is 36.6 Å². The highest BCUT2D eigenvalue weighted by Gasteiger charge is 2.05. The predicted molar refractivity (Wildman–Crippen MR) is 78.7 cm³/mol. The zero-order chi connectivity index (χ0) is 13.5. The third-order valence-electron chi connectivity index (χ3n) is 2.75. The molecule has 0 radical (unpaired) electrons. The molecule has 0 aliphatic carbocycles. The van der Waals surface area contributed by atoms with Crippen LogP contribution >= 0.6 is 11.3 Å². The van der Waals surface area contributed by atoms with Crippen LogP contribution in [-0.2, 0) is 6.54 Å². The Labute approximate surface area is 117 Å². The van der Waals surface area contributed by atoms with Gasteiger partial charge in [-0.3, -0.25) is 0 Å². The summed E-state index contributed by atoms with van der Waals surface area (Å²) in [7, 11) is 0. The first-order valence-electron chi connectivity index (χ1n) is 6.33. The van der Waals surface area contributed by atoms with Crippen molar-refractivity contribution in [1.82, 2.24) is 5.32 Å². The number of hydrogen-bond donors (Lipinski definition) is 2. The lowest BCUT2D eigenvalue weighted by molar-refractivity contribution is 0.106. The van der Waals surface area contributed by atoms with Gasteiger partial charge < -0.3 is 15.2 Å². The van der Waals surface area contributed by atoms with Crippen LogP contribution in [-0.4, -0.2) is 24.4 Å². The summed E-state index contributed by atoms with van der Waals surface area (Å²) < 4.78 is 5.52. The van der Waals surface area contributed by atoms with Crippen LogP contribution in [0.4, 0.5) is 0 Å². The van der Waals surface area contributed by atoms with Gasteiger partial charge in [0.15, 0.2) is 0 Å². The summed E-state index contributed by atoms with van der Waals surface area (Å²) in [5, 5.41) is 17.2. The average Bonchev–Trinajstić information content (AvgIpc) is 2.91. The van der Waals surface area contributed by atoms with Gasteiger partial charge in [-0.1, -0.05) is 17.7 Å². The second-order valence-electron chi connectivity index (χ2n) is 4.54. The van der Waals surface area contributed by atoms with Crippen LogP contribution in [0.25, 0.3) is 0 Å². The maximum absolute atomic E-state index is 9.81. The van der Waals surface area contributed by atoms with Crippen molar-refractivity contribution >= 4 is 11.3 Å². The Hall–Kier alpha value is -1.36. The zero-order valence-electron chi connectivity index (χ0n) is 11.0. The normalized spacial score (nSPS) is 12.3. The smallest absolute Gasteiger partial charge is 0.119 e. The fourth-order valence-corrected chi connectivity index (χ4v) is 2.33. The molecule has 4 heteroatoms. The molecule has 2 N–H and O–H groups in total. The molecule has 0 saturated carbocycles. The minimum Gasteiger partial charge on any atom is -0.491 e. The molecular weight excluding hydrogens is 258 g/mol. The Morgan fingerprint density at radius 3 is 2.74 bits per heavy atom. The first-order chi connectivity index (χ1) is 9.24. The van der Waals surface area contributed by atoms with Crippen LogP contribution in [0, 0.1) is 6.92 Å². The fraction of sp³-hybridized carbons (Fsp3) is 0.333. The Bertz CT molecular complexity index is 467. The summed E-state index contributed by atoms with van der Waals surface area (Å²) in [6, 6.07) is 9.90. The monoisotopic (exact) mass is 277 g/mol. The number of aliphatic hydroxyl groups excluding tert-OH is 1. The summed E-state index contributed by atoms with van der Waals surface area (Å²) in [6.07, 6.45) is -0.500. The average molecular weight is 277 g/mol. The summed E-state index contributed by atoms with van der Waals surface area (Å²) >= 11 is 1.68. The third kappa shape index (κ3) is 5.03. The fourth-order valence-electron chi connectivity index (χ4n) is 1.66. The van der Waals surface area contributed by atoms with Crippen molar-refractivity contribution in [3.8, 4) is 5.75 Å². The van der Waals surface area contributed by atoms with E-state index in [2.05, 4.69) is 16.8 Å². The van der Waals surface area contributed by atoms with E-state index < -0.39 is 6.10 Å². The Balaban J connectivity index is 1.64. The van der Waals surface area contributed by atoms with Crippen LogP contribution in [0.5, 0.6) is 5.75 Å². The molecule has 102 valence electrons. The molecule has 1 atom stereocenters. The number of hydrogen-bond acceptors (Lipinski definition) is 4. The largest absolute Gasteiger partial charge is 0.491 e. The van der Waals surface area contributed by atoms with Crippen LogP contribution in [0.1, 0.15) is 11.1 Å². The van der Waals surface area contributed by atoms with Crippen LogP contribution in [0.3, 0.4) is 0 Å². The van der Waals surface area contributed by atoms with Crippen LogP contribution in [0.15, 0.2) is 41.1 Å². The number of rotatable bonds is 7. The Morgan fingerprint density at radius 1 is 1.26 bits per heavy atom. The molecule has 0 amide bonds. The van der Waals surface area contributed by atoms with Crippen molar-refractivity contribution < 1.29 is 9.84 Å². The van der Waals surface area contributed by atoms with Gasteiger partial charge in [0.25, 0.3) is 0 Å². The third-order valence-corrected chi connectivity index (χ3v) is 3.48. The number of aliphatic hydroxyl groups is 1. The van der Waals surface area contributed by atoms with E-state index in [-0.39, 0.29) is 0 Å². The van der Waals surface area contributed by atoms with E-state index in [4.69, 9.17) is 4.74 Å². The van der Waals surface area contributed by atoms with Gasteiger partial charge in [-0.15, -0.1) is 0 Å². The molecule has 1 unspecified atom stereocenters.